The first-order valence-corrected chi connectivity index (χ1v) is 16.1. The van der Waals surface area contributed by atoms with Crippen LogP contribution in [0.15, 0.2) is 52.7 Å². The van der Waals surface area contributed by atoms with Crippen LogP contribution in [0, 0.1) is 11.7 Å². The summed E-state index contributed by atoms with van der Waals surface area (Å²) >= 11 is 1.13. The van der Waals surface area contributed by atoms with Gasteiger partial charge < -0.3 is 10.0 Å². The summed E-state index contributed by atoms with van der Waals surface area (Å²) in [6.07, 6.45) is 3.00. The van der Waals surface area contributed by atoms with Crippen LogP contribution in [0.4, 0.5) is 18.9 Å². The number of aromatic nitrogens is 3. The number of hydrogen-bond donors (Lipinski definition) is 2. The van der Waals surface area contributed by atoms with Crippen LogP contribution in [0.2, 0.25) is 0 Å². The third-order valence-electron chi connectivity index (χ3n) is 7.72. The Morgan fingerprint density at radius 2 is 1.98 bits per heavy atom. The van der Waals surface area contributed by atoms with E-state index in [0.717, 1.165) is 47.6 Å². The number of carboxylic acid groups (broad SMARTS) is 1. The van der Waals surface area contributed by atoms with Crippen LogP contribution in [0.1, 0.15) is 53.0 Å². The van der Waals surface area contributed by atoms with E-state index >= 15 is 0 Å². The molecule has 226 valence electrons. The number of benzene rings is 2. The van der Waals surface area contributed by atoms with Crippen LogP contribution < -0.4 is 10.0 Å². The number of rotatable bonds is 9. The van der Waals surface area contributed by atoms with E-state index in [-0.39, 0.29) is 18.5 Å². The number of alkyl halides is 2. The lowest BCUT2D eigenvalue weighted by molar-refractivity contribution is -0.0116. The Hall–Kier alpha value is -3.75. The van der Waals surface area contributed by atoms with Crippen molar-refractivity contribution in [2.75, 3.05) is 18.0 Å². The summed E-state index contributed by atoms with van der Waals surface area (Å²) < 4.78 is 68.5. The minimum Gasteiger partial charge on any atom is -0.476 e. The molecule has 1 aliphatic carbocycles. The highest BCUT2D eigenvalue weighted by Crippen LogP contribution is 2.39. The summed E-state index contributed by atoms with van der Waals surface area (Å²) in [6, 6.07) is 10.9. The smallest absolute Gasteiger partial charge is 0.355 e. The number of aromatic carboxylic acids is 1. The molecule has 0 amide bonds. The molecule has 0 unspecified atom stereocenters. The van der Waals surface area contributed by atoms with Crippen molar-refractivity contribution >= 4 is 33.0 Å². The first-order valence-electron chi connectivity index (χ1n) is 13.7. The first-order chi connectivity index (χ1) is 20.4. The van der Waals surface area contributed by atoms with Crippen molar-refractivity contribution in [1.82, 2.24) is 14.8 Å². The minimum atomic E-state index is -4.25. The quantitative estimate of drug-likeness (QED) is 0.258. The van der Waals surface area contributed by atoms with E-state index in [9.17, 15) is 31.5 Å². The third-order valence-corrected chi connectivity index (χ3v) is 9.48. The Kier molecular flexibility index (Phi) is 7.55. The standard InChI is InChI=1S/C29H28F3N5O4S2/c30-22-12-18(7-8-25(22)43(33,40)41)11-21-24(13-17-5-6-17)37(28-34-23(15-42-28)27(38)39)35-26(21)19-3-1-4-20(14-19)36-10-2-9-29(31,32)16-36/h1,3-4,7-8,12,14-15,17H,2,5-6,9-11,13,16H2,(H,38,39)(H2,33,40,41). The highest BCUT2D eigenvalue weighted by Gasteiger charge is 2.35. The SMILES string of the molecule is NS(=O)(=O)c1ccc(Cc2c(-c3cccc(N4CCCC(F)(F)C4)c3)nn(-c3nc(C(=O)O)cs3)c2CC2CC2)cc1F. The fourth-order valence-corrected chi connectivity index (χ4v) is 6.81. The Morgan fingerprint density at radius 3 is 2.63 bits per heavy atom. The summed E-state index contributed by atoms with van der Waals surface area (Å²) in [5.41, 5.74) is 3.63. The van der Waals surface area contributed by atoms with Crippen molar-refractivity contribution in [1.29, 1.82) is 0 Å². The van der Waals surface area contributed by atoms with Crippen molar-refractivity contribution < 1.29 is 31.5 Å². The van der Waals surface area contributed by atoms with E-state index in [1.807, 2.05) is 6.07 Å². The molecular weight excluding hydrogens is 603 g/mol. The molecule has 14 heteroatoms. The van der Waals surface area contributed by atoms with Crippen molar-refractivity contribution in [3.63, 3.8) is 0 Å². The van der Waals surface area contributed by atoms with E-state index in [1.54, 1.807) is 27.8 Å². The first kappa shape index (κ1) is 29.3. The van der Waals surface area contributed by atoms with Crippen molar-refractivity contribution in [2.45, 2.75) is 49.3 Å². The van der Waals surface area contributed by atoms with Gasteiger partial charge in [0.2, 0.25) is 15.2 Å². The molecule has 3 heterocycles. The van der Waals surface area contributed by atoms with Gasteiger partial charge in [-0.1, -0.05) is 18.2 Å². The van der Waals surface area contributed by atoms with Crippen LogP contribution in [0.3, 0.4) is 0 Å². The Bertz CT molecular complexity index is 1820. The predicted molar refractivity (Wildman–Crippen MR) is 155 cm³/mol. The third kappa shape index (κ3) is 6.31. The normalized spacial score (nSPS) is 16.9. The molecule has 1 saturated carbocycles. The minimum absolute atomic E-state index is 0.121. The van der Waals surface area contributed by atoms with Gasteiger partial charge in [0.15, 0.2) is 5.69 Å². The highest BCUT2D eigenvalue weighted by molar-refractivity contribution is 7.89. The molecular formula is C29H28F3N5O4S2. The van der Waals surface area contributed by atoms with E-state index in [1.165, 1.54) is 11.4 Å². The lowest BCUT2D eigenvalue weighted by Crippen LogP contribution is -2.42. The molecule has 2 aromatic heterocycles. The Morgan fingerprint density at radius 1 is 1.19 bits per heavy atom. The molecule has 3 N–H and O–H groups in total. The molecule has 0 atom stereocenters. The number of piperidine rings is 1. The summed E-state index contributed by atoms with van der Waals surface area (Å²) in [7, 11) is -4.25. The zero-order valence-electron chi connectivity index (χ0n) is 22.8. The second-order valence-corrected chi connectivity index (χ2v) is 13.4. The molecule has 0 spiro atoms. The lowest BCUT2D eigenvalue weighted by Gasteiger charge is -2.34. The molecule has 9 nitrogen and oxygen atoms in total. The van der Waals surface area contributed by atoms with Gasteiger partial charge in [-0.15, -0.1) is 11.3 Å². The topological polar surface area (TPSA) is 131 Å². The number of halogens is 3. The van der Waals surface area contributed by atoms with E-state index in [0.29, 0.717) is 52.9 Å². The fraction of sp³-hybridized carbons (Fsp3) is 0.345. The summed E-state index contributed by atoms with van der Waals surface area (Å²) in [4.78, 5) is 16.9. The monoisotopic (exact) mass is 631 g/mol. The van der Waals surface area contributed by atoms with E-state index < -0.39 is 39.2 Å². The largest absolute Gasteiger partial charge is 0.476 e. The zero-order valence-corrected chi connectivity index (χ0v) is 24.5. The highest BCUT2D eigenvalue weighted by atomic mass is 32.2. The molecule has 4 aromatic rings. The molecule has 2 aromatic carbocycles. The van der Waals surface area contributed by atoms with Crippen LogP contribution >= 0.6 is 11.3 Å². The molecule has 0 radical (unpaired) electrons. The average molecular weight is 632 g/mol. The summed E-state index contributed by atoms with van der Waals surface area (Å²) in [6.45, 7) is 0.0947. The van der Waals surface area contributed by atoms with Gasteiger partial charge in [0.1, 0.15) is 10.7 Å². The second kappa shape index (κ2) is 11.1. The van der Waals surface area contributed by atoms with Gasteiger partial charge in [-0.05, 0) is 61.4 Å². The number of anilines is 1. The maximum absolute atomic E-state index is 14.9. The molecule has 6 rings (SSSR count). The van der Waals surface area contributed by atoms with Crippen molar-refractivity contribution in [3.05, 3.63) is 76.2 Å². The molecule has 1 saturated heterocycles. The number of thiazole rings is 1. The van der Waals surface area contributed by atoms with Crippen molar-refractivity contribution in [3.8, 4) is 16.4 Å². The Balaban J connectivity index is 1.49. The summed E-state index contributed by atoms with van der Waals surface area (Å²) in [5, 5.41) is 21.3. The van der Waals surface area contributed by atoms with Crippen LogP contribution in [0.25, 0.3) is 16.4 Å². The van der Waals surface area contributed by atoms with Crippen LogP contribution in [-0.2, 0) is 22.9 Å². The average Bonchev–Trinajstić information content (AvgIpc) is 3.49. The van der Waals surface area contributed by atoms with Crippen LogP contribution in [-0.4, -0.2) is 53.3 Å². The van der Waals surface area contributed by atoms with Gasteiger partial charge in [0.25, 0.3) is 5.92 Å². The number of nitrogens with two attached hydrogens (primary N) is 1. The molecule has 1 aliphatic heterocycles. The van der Waals surface area contributed by atoms with E-state index in [2.05, 4.69) is 4.98 Å². The second-order valence-electron chi connectivity index (χ2n) is 11.1. The fourth-order valence-electron chi connectivity index (χ4n) is 5.45. The zero-order chi connectivity index (χ0) is 30.5. The molecule has 2 aliphatic rings. The van der Waals surface area contributed by atoms with Crippen LogP contribution in [0.5, 0.6) is 0 Å². The summed E-state index contributed by atoms with van der Waals surface area (Å²) in [5.74, 6) is -4.56. The number of primary sulfonamides is 1. The Labute approximate surface area is 249 Å². The van der Waals surface area contributed by atoms with Gasteiger partial charge >= 0.3 is 5.97 Å². The van der Waals surface area contributed by atoms with Gasteiger partial charge in [-0.3, -0.25) is 0 Å². The predicted octanol–water partition coefficient (Wildman–Crippen LogP) is 5.26. The van der Waals surface area contributed by atoms with Gasteiger partial charge in [-0.25, -0.2) is 41.2 Å². The maximum atomic E-state index is 14.9. The maximum Gasteiger partial charge on any atom is 0.355 e. The lowest BCUT2D eigenvalue weighted by atomic mass is 9.96. The number of carboxylic acids is 1. The van der Waals surface area contributed by atoms with Gasteiger partial charge in [-0.2, -0.15) is 5.10 Å². The number of sulfonamides is 1. The number of carbonyl (C=O) groups is 1. The van der Waals surface area contributed by atoms with Gasteiger partial charge in [0, 0.05) is 41.6 Å². The van der Waals surface area contributed by atoms with Crippen molar-refractivity contribution in [2.24, 2.45) is 11.1 Å². The molecule has 43 heavy (non-hydrogen) atoms. The van der Waals surface area contributed by atoms with E-state index in [4.69, 9.17) is 10.2 Å². The molecule has 2 fully saturated rings. The number of nitrogens with zero attached hydrogens (tertiary/aromatic N) is 4. The number of hydrogen-bond acceptors (Lipinski definition) is 7. The molecule has 0 bridgehead atoms. The van der Waals surface area contributed by atoms with Gasteiger partial charge in [0.05, 0.1) is 17.9 Å².